The Bertz CT molecular complexity index is 628. The SMILES string of the molecule is CC(C)(C)c1nnnn1-c1cc(C(F)(F)F)ccc1Br. The molecule has 0 saturated heterocycles. The zero-order chi connectivity index (χ0) is 15.1. The molecule has 108 valence electrons. The van der Waals surface area contributed by atoms with E-state index in [1.54, 1.807) is 0 Å². The Hall–Kier alpha value is -1.44. The highest BCUT2D eigenvalue weighted by Crippen LogP contribution is 2.34. The molecule has 1 aromatic heterocycles. The lowest BCUT2D eigenvalue weighted by molar-refractivity contribution is -0.137. The third kappa shape index (κ3) is 2.84. The van der Waals surface area contributed by atoms with Gasteiger partial charge in [0.1, 0.15) is 0 Å². The molecular formula is C12H12BrF3N4. The molecule has 0 bridgehead atoms. The van der Waals surface area contributed by atoms with E-state index in [4.69, 9.17) is 0 Å². The summed E-state index contributed by atoms with van der Waals surface area (Å²) in [5, 5.41) is 11.3. The Morgan fingerprint density at radius 1 is 1.15 bits per heavy atom. The summed E-state index contributed by atoms with van der Waals surface area (Å²) in [4.78, 5) is 0. The largest absolute Gasteiger partial charge is 0.416 e. The second-order valence-electron chi connectivity index (χ2n) is 5.33. The number of rotatable bonds is 1. The minimum atomic E-state index is -4.41. The average molecular weight is 349 g/mol. The molecule has 2 rings (SSSR count). The quantitative estimate of drug-likeness (QED) is 0.788. The molecule has 0 aliphatic heterocycles. The van der Waals surface area contributed by atoms with E-state index in [9.17, 15) is 13.2 Å². The van der Waals surface area contributed by atoms with Crippen LogP contribution in [0, 0.1) is 0 Å². The van der Waals surface area contributed by atoms with E-state index in [-0.39, 0.29) is 5.69 Å². The van der Waals surface area contributed by atoms with E-state index in [2.05, 4.69) is 31.5 Å². The first kappa shape index (κ1) is 15.0. The highest BCUT2D eigenvalue weighted by Gasteiger charge is 2.32. The van der Waals surface area contributed by atoms with E-state index >= 15 is 0 Å². The van der Waals surface area contributed by atoms with Crippen LogP contribution < -0.4 is 0 Å². The summed E-state index contributed by atoms with van der Waals surface area (Å²) in [5.74, 6) is 0.484. The fourth-order valence-corrected chi connectivity index (χ4v) is 2.08. The lowest BCUT2D eigenvalue weighted by Gasteiger charge is -2.18. The van der Waals surface area contributed by atoms with Crippen LogP contribution in [0.3, 0.4) is 0 Å². The highest BCUT2D eigenvalue weighted by atomic mass is 79.9. The first-order valence-corrected chi connectivity index (χ1v) is 6.56. The predicted molar refractivity (Wildman–Crippen MR) is 70.6 cm³/mol. The van der Waals surface area contributed by atoms with Gasteiger partial charge in [-0.2, -0.15) is 17.9 Å². The summed E-state index contributed by atoms with van der Waals surface area (Å²) in [5.41, 5.74) is -0.877. The average Bonchev–Trinajstić information content (AvgIpc) is 2.76. The maximum atomic E-state index is 12.8. The number of benzene rings is 1. The van der Waals surface area contributed by atoms with Gasteiger partial charge in [-0.15, -0.1) is 5.10 Å². The number of halogens is 4. The van der Waals surface area contributed by atoms with Crippen molar-refractivity contribution >= 4 is 15.9 Å². The minimum absolute atomic E-state index is 0.259. The minimum Gasteiger partial charge on any atom is -0.196 e. The van der Waals surface area contributed by atoms with Gasteiger partial charge in [0, 0.05) is 9.89 Å². The first-order chi connectivity index (χ1) is 9.10. The number of nitrogens with zero attached hydrogens (tertiary/aromatic N) is 4. The van der Waals surface area contributed by atoms with Crippen LogP contribution in [0.4, 0.5) is 13.2 Å². The fraction of sp³-hybridized carbons (Fsp3) is 0.417. The zero-order valence-corrected chi connectivity index (χ0v) is 12.6. The monoisotopic (exact) mass is 348 g/mol. The molecule has 20 heavy (non-hydrogen) atoms. The molecule has 0 aliphatic rings. The third-order valence-electron chi connectivity index (χ3n) is 2.64. The molecule has 0 radical (unpaired) electrons. The lowest BCUT2D eigenvalue weighted by Crippen LogP contribution is -2.19. The van der Waals surface area contributed by atoms with Crippen molar-refractivity contribution in [3.05, 3.63) is 34.1 Å². The summed E-state index contributed by atoms with van der Waals surface area (Å²) in [7, 11) is 0. The Morgan fingerprint density at radius 3 is 2.35 bits per heavy atom. The molecule has 4 nitrogen and oxygen atoms in total. The molecule has 0 saturated carbocycles. The molecule has 0 fully saturated rings. The maximum absolute atomic E-state index is 12.8. The van der Waals surface area contributed by atoms with Gasteiger partial charge in [0.25, 0.3) is 0 Å². The number of alkyl halides is 3. The number of hydrogen-bond acceptors (Lipinski definition) is 3. The van der Waals surface area contributed by atoms with Crippen molar-refractivity contribution in [1.29, 1.82) is 0 Å². The van der Waals surface area contributed by atoms with Crippen molar-refractivity contribution in [3.63, 3.8) is 0 Å². The van der Waals surface area contributed by atoms with Crippen LogP contribution in [0.25, 0.3) is 5.69 Å². The molecule has 0 spiro atoms. The van der Waals surface area contributed by atoms with Crippen molar-refractivity contribution in [1.82, 2.24) is 20.2 Å². The smallest absolute Gasteiger partial charge is 0.196 e. The molecule has 2 aromatic rings. The fourth-order valence-electron chi connectivity index (χ4n) is 1.67. The van der Waals surface area contributed by atoms with Gasteiger partial charge in [0.05, 0.1) is 11.3 Å². The first-order valence-electron chi connectivity index (χ1n) is 5.76. The molecule has 1 heterocycles. The predicted octanol–water partition coefficient (Wildman–Crippen LogP) is 3.74. The van der Waals surface area contributed by atoms with Crippen LogP contribution in [0.5, 0.6) is 0 Å². The summed E-state index contributed by atoms with van der Waals surface area (Å²) in [6, 6.07) is 3.37. The number of aromatic nitrogens is 4. The van der Waals surface area contributed by atoms with Gasteiger partial charge < -0.3 is 0 Å². The van der Waals surface area contributed by atoms with E-state index in [0.29, 0.717) is 10.3 Å². The Morgan fingerprint density at radius 2 is 1.80 bits per heavy atom. The Balaban J connectivity index is 2.62. The van der Waals surface area contributed by atoms with Gasteiger partial charge in [-0.25, -0.2) is 0 Å². The molecule has 0 atom stereocenters. The summed E-state index contributed by atoms with van der Waals surface area (Å²) in [6.07, 6.45) is -4.41. The standard InChI is InChI=1S/C12H12BrF3N4/c1-11(2,3)10-17-18-19-20(10)9-6-7(12(14,15)16)4-5-8(9)13/h4-6H,1-3H3. The maximum Gasteiger partial charge on any atom is 0.416 e. The van der Waals surface area contributed by atoms with Gasteiger partial charge in [-0.1, -0.05) is 20.8 Å². The van der Waals surface area contributed by atoms with Crippen LogP contribution in [-0.2, 0) is 11.6 Å². The van der Waals surface area contributed by atoms with Crippen molar-refractivity contribution in [2.75, 3.05) is 0 Å². The van der Waals surface area contributed by atoms with Gasteiger partial charge >= 0.3 is 6.18 Å². The van der Waals surface area contributed by atoms with E-state index in [1.807, 2.05) is 20.8 Å². The van der Waals surface area contributed by atoms with Crippen LogP contribution in [0.15, 0.2) is 22.7 Å². The number of hydrogen-bond donors (Lipinski definition) is 0. The Labute approximate surface area is 122 Å². The molecule has 1 aromatic carbocycles. The van der Waals surface area contributed by atoms with Crippen molar-refractivity contribution in [2.45, 2.75) is 32.4 Å². The van der Waals surface area contributed by atoms with Crippen molar-refractivity contribution in [3.8, 4) is 5.69 Å². The Kier molecular flexibility index (Phi) is 3.62. The van der Waals surface area contributed by atoms with Crippen molar-refractivity contribution < 1.29 is 13.2 Å². The molecule has 0 N–H and O–H groups in total. The lowest BCUT2D eigenvalue weighted by atomic mass is 9.95. The summed E-state index contributed by atoms with van der Waals surface area (Å²) in [6.45, 7) is 5.66. The molecule has 8 heteroatoms. The van der Waals surface area contributed by atoms with Crippen LogP contribution in [-0.4, -0.2) is 20.2 Å². The highest BCUT2D eigenvalue weighted by molar-refractivity contribution is 9.10. The molecule has 0 aliphatic carbocycles. The van der Waals surface area contributed by atoms with E-state index < -0.39 is 17.2 Å². The van der Waals surface area contributed by atoms with E-state index in [1.165, 1.54) is 10.7 Å². The number of tetrazole rings is 1. The zero-order valence-electron chi connectivity index (χ0n) is 11.0. The molecule has 0 unspecified atom stereocenters. The van der Waals surface area contributed by atoms with Crippen molar-refractivity contribution in [2.24, 2.45) is 0 Å². The second kappa shape index (κ2) is 4.83. The van der Waals surface area contributed by atoms with Crippen LogP contribution in [0.2, 0.25) is 0 Å². The molecule has 0 amide bonds. The van der Waals surface area contributed by atoms with E-state index in [0.717, 1.165) is 12.1 Å². The van der Waals surface area contributed by atoms with Gasteiger partial charge in [-0.05, 0) is 44.6 Å². The molecular weight excluding hydrogens is 337 g/mol. The van der Waals surface area contributed by atoms with Gasteiger partial charge in [-0.3, -0.25) is 0 Å². The van der Waals surface area contributed by atoms with Gasteiger partial charge in [0.2, 0.25) is 0 Å². The van der Waals surface area contributed by atoms with Crippen LogP contribution in [0.1, 0.15) is 32.2 Å². The van der Waals surface area contributed by atoms with Crippen LogP contribution >= 0.6 is 15.9 Å². The normalized spacial score (nSPS) is 12.8. The third-order valence-corrected chi connectivity index (χ3v) is 3.31. The summed E-state index contributed by atoms with van der Waals surface area (Å²) < 4.78 is 40.2. The summed E-state index contributed by atoms with van der Waals surface area (Å²) >= 11 is 3.24. The second-order valence-corrected chi connectivity index (χ2v) is 6.18. The van der Waals surface area contributed by atoms with Gasteiger partial charge in [0.15, 0.2) is 5.82 Å². The topological polar surface area (TPSA) is 43.6 Å².